The first kappa shape index (κ1) is 11.7. The van der Waals surface area contributed by atoms with Gasteiger partial charge in [0, 0.05) is 12.6 Å². The molecule has 1 aliphatic heterocycles. The molecule has 1 atom stereocenters. The Kier molecular flexibility index (Phi) is 3.17. The van der Waals surface area contributed by atoms with Gasteiger partial charge in [-0.3, -0.25) is 0 Å². The Bertz CT molecular complexity index is 436. The summed E-state index contributed by atoms with van der Waals surface area (Å²) >= 11 is 0. The van der Waals surface area contributed by atoms with E-state index in [0.29, 0.717) is 13.0 Å². The summed E-state index contributed by atoms with van der Waals surface area (Å²) in [6.07, 6.45) is 0.475. The average Bonchev–Trinajstić information content (AvgIpc) is 2.24. The molecule has 1 aliphatic rings. The smallest absolute Gasteiger partial charge is 0.407 e. The van der Waals surface area contributed by atoms with Crippen LogP contribution < -0.4 is 4.74 Å². The fourth-order valence-electron chi connectivity index (χ4n) is 2.01. The molecule has 1 aromatic rings. The van der Waals surface area contributed by atoms with Crippen LogP contribution in [0.3, 0.4) is 0 Å². The minimum atomic E-state index is -0.907. The molecule has 1 unspecified atom stereocenters. The van der Waals surface area contributed by atoms with Crippen molar-refractivity contribution in [2.45, 2.75) is 18.9 Å². The zero-order chi connectivity index (χ0) is 12.4. The molecule has 0 saturated carbocycles. The van der Waals surface area contributed by atoms with Gasteiger partial charge in [-0.1, -0.05) is 6.07 Å². The normalized spacial score (nSPS) is 18.7. The summed E-state index contributed by atoms with van der Waals surface area (Å²) in [5.41, 5.74) is 0.791. The first-order chi connectivity index (χ1) is 8.11. The fourth-order valence-corrected chi connectivity index (χ4v) is 2.01. The van der Waals surface area contributed by atoms with E-state index in [1.807, 2.05) is 0 Å². The molecule has 1 amide bonds. The molecule has 92 valence electrons. The number of methoxy groups -OCH3 is 1. The van der Waals surface area contributed by atoms with Crippen molar-refractivity contribution in [2.24, 2.45) is 0 Å². The maximum atomic E-state index is 13.4. The summed E-state index contributed by atoms with van der Waals surface area (Å²) in [5.74, 6) is -0.205. The number of hydrogen-bond donors (Lipinski definition) is 1. The highest BCUT2D eigenvalue weighted by molar-refractivity contribution is 5.66. The molecule has 4 nitrogen and oxygen atoms in total. The number of ether oxygens (including phenoxy) is 1. The number of likely N-dealkylation sites (tertiary alicyclic amines) is 1. The van der Waals surface area contributed by atoms with Gasteiger partial charge in [0.05, 0.1) is 7.11 Å². The van der Waals surface area contributed by atoms with Gasteiger partial charge >= 0.3 is 6.09 Å². The van der Waals surface area contributed by atoms with Crippen LogP contribution in [0.5, 0.6) is 5.75 Å². The zero-order valence-corrected chi connectivity index (χ0v) is 9.52. The summed E-state index contributed by atoms with van der Waals surface area (Å²) in [4.78, 5) is 12.2. The third kappa shape index (κ3) is 2.33. The molecule has 0 aliphatic carbocycles. The zero-order valence-electron chi connectivity index (χ0n) is 9.52. The van der Waals surface area contributed by atoms with Gasteiger partial charge in [0.15, 0.2) is 11.6 Å². The van der Waals surface area contributed by atoms with Crippen molar-refractivity contribution in [3.63, 3.8) is 0 Å². The molecule has 1 fully saturated rings. The second kappa shape index (κ2) is 4.61. The molecule has 0 aromatic heterocycles. The Hall–Kier alpha value is -1.78. The number of halogens is 1. The number of carbonyl (C=O) groups is 1. The largest absolute Gasteiger partial charge is 0.494 e. The Morgan fingerprint density at radius 2 is 2.41 bits per heavy atom. The predicted octanol–water partition coefficient (Wildman–Crippen LogP) is 2.13. The van der Waals surface area contributed by atoms with Crippen LogP contribution in [0.2, 0.25) is 0 Å². The molecule has 0 radical (unpaired) electrons. The van der Waals surface area contributed by atoms with Gasteiger partial charge in [-0.15, -0.1) is 0 Å². The van der Waals surface area contributed by atoms with E-state index in [1.54, 1.807) is 12.1 Å². The maximum absolute atomic E-state index is 13.4. The lowest BCUT2D eigenvalue weighted by molar-refractivity contribution is 0.0757. The van der Waals surface area contributed by atoms with Crippen LogP contribution in [0, 0.1) is 5.82 Å². The number of nitrogens with zero attached hydrogens (tertiary/aromatic N) is 1. The van der Waals surface area contributed by atoms with E-state index in [9.17, 15) is 9.18 Å². The third-order valence-electron chi connectivity index (χ3n) is 3.08. The lowest BCUT2D eigenvalue weighted by Crippen LogP contribution is -2.51. The van der Waals surface area contributed by atoms with Crippen LogP contribution in [0.1, 0.15) is 12.0 Å². The lowest BCUT2D eigenvalue weighted by Gasteiger charge is -2.38. The van der Waals surface area contributed by atoms with Crippen LogP contribution in [-0.2, 0) is 6.42 Å². The molecule has 2 rings (SSSR count). The monoisotopic (exact) mass is 239 g/mol. The standard InChI is InChI=1S/C12H14FNO3/c1-17-11-3-2-8(7-10(11)13)6-9-4-5-14(9)12(15)16/h2-3,7,9H,4-6H2,1H3,(H,15,16). The molecule has 17 heavy (non-hydrogen) atoms. The van der Waals surface area contributed by atoms with Crippen LogP contribution in [-0.4, -0.2) is 35.8 Å². The number of carboxylic acid groups (broad SMARTS) is 1. The summed E-state index contributed by atoms with van der Waals surface area (Å²) in [7, 11) is 1.41. The van der Waals surface area contributed by atoms with Gasteiger partial charge in [0.2, 0.25) is 0 Å². The quantitative estimate of drug-likeness (QED) is 0.879. The lowest BCUT2D eigenvalue weighted by atomic mass is 9.96. The molecule has 1 heterocycles. The summed E-state index contributed by atoms with van der Waals surface area (Å²) in [6.45, 7) is 0.568. The van der Waals surface area contributed by atoms with Gasteiger partial charge in [0.1, 0.15) is 0 Å². The Morgan fingerprint density at radius 3 is 2.88 bits per heavy atom. The molecule has 1 saturated heterocycles. The molecule has 1 aromatic carbocycles. The molecule has 0 bridgehead atoms. The number of rotatable bonds is 3. The highest BCUT2D eigenvalue weighted by Crippen LogP contribution is 2.24. The topological polar surface area (TPSA) is 49.8 Å². The summed E-state index contributed by atoms with van der Waals surface area (Å²) < 4.78 is 18.2. The van der Waals surface area contributed by atoms with Crippen molar-refractivity contribution in [3.8, 4) is 5.75 Å². The van der Waals surface area contributed by atoms with Gasteiger partial charge in [-0.25, -0.2) is 9.18 Å². The SMILES string of the molecule is COc1ccc(CC2CCN2C(=O)O)cc1F. The van der Waals surface area contributed by atoms with E-state index in [1.165, 1.54) is 18.1 Å². The van der Waals surface area contributed by atoms with Crippen LogP contribution >= 0.6 is 0 Å². The number of hydrogen-bond acceptors (Lipinski definition) is 2. The van der Waals surface area contributed by atoms with Crippen molar-refractivity contribution < 1.29 is 19.0 Å². The van der Waals surface area contributed by atoms with Crippen LogP contribution in [0.4, 0.5) is 9.18 Å². The molecular weight excluding hydrogens is 225 g/mol. The summed E-state index contributed by atoms with van der Waals surface area (Å²) in [5, 5.41) is 8.85. The van der Waals surface area contributed by atoms with E-state index in [0.717, 1.165) is 12.0 Å². The van der Waals surface area contributed by atoms with Crippen LogP contribution in [0.25, 0.3) is 0 Å². The first-order valence-corrected chi connectivity index (χ1v) is 5.44. The Labute approximate surface area is 98.6 Å². The van der Waals surface area contributed by atoms with Crippen molar-refractivity contribution in [3.05, 3.63) is 29.6 Å². The Morgan fingerprint density at radius 1 is 1.65 bits per heavy atom. The van der Waals surface area contributed by atoms with Gasteiger partial charge in [0.25, 0.3) is 0 Å². The predicted molar refractivity (Wildman–Crippen MR) is 59.8 cm³/mol. The van der Waals surface area contributed by atoms with Crippen molar-refractivity contribution in [1.29, 1.82) is 0 Å². The fraction of sp³-hybridized carbons (Fsp3) is 0.417. The minimum absolute atomic E-state index is 0.0275. The second-order valence-corrected chi connectivity index (χ2v) is 4.09. The van der Waals surface area contributed by atoms with E-state index in [4.69, 9.17) is 9.84 Å². The maximum Gasteiger partial charge on any atom is 0.407 e. The molecular formula is C12H14FNO3. The molecule has 1 N–H and O–H groups in total. The average molecular weight is 239 g/mol. The van der Waals surface area contributed by atoms with E-state index >= 15 is 0 Å². The van der Waals surface area contributed by atoms with Crippen molar-refractivity contribution in [2.75, 3.05) is 13.7 Å². The molecule has 5 heteroatoms. The highest BCUT2D eigenvalue weighted by atomic mass is 19.1. The summed E-state index contributed by atoms with van der Waals surface area (Å²) in [6, 6.07) is 4.70. The van der Waals surface area contributed by atoms with E-state index < -0.39 is 11.9 Å². The van der Waals surface area contributed by atoms with Gasteiger partial charge in [-0.2, -0.15) is 0 Å². The van der Waals surface area contributed by atoms with E-state index in [2.05, 4.69) is 0 Å². The van der Waals surface area contributed by atoms with Crippen LogP contribution in [0.15, 0.2) is 18.2 Å². The van der Waals surface area contributed by atoms with Gasteiger partial charge in [-0.05, 0) is 30.5 Å². The minimum Gasteiger partial charge on any atom is -0.494 e. The van der Waals surface area contributed by atoms with Gasteiger partial charge < -0.3 is 14.7 Å². The Balaban J connectivity index is 2.04. The third-order valence-corrected chi connectivity index (χ3v) is 3.08. The highest BCUT2D eigenvalue weighted by Gasteiger charge is 2.31. The second-order valence-electron chi connectivity index (χ2n) is 4.09. The number of benzene rings is 1. The van der Waals surface area contributed by atoms with E-state index in [-0.39, 0.29) is 11.8 Å². The molecule has 0 spiro atoms. The van der Waals surface area contributed by atoms with Crippen molar-refractivity contribution in [1.82, 2.24) is 4.90 Å². The first-order valence-electron chi connectivity index (χ1n) is 5.44. The number of amides is 1. The van der Waals surface area contributed by atoms with Crippen molar-refractivity contribution >= 4 is 6.09 Å².